The van der Waals surface area contributed by atoms with Gasteiger partial charge in [-0.3, -0.25) is 4.79 Å². The van der Waals surface area contributed by atoms with Gasteiger partial charge in [-0.05, 0) is 41.3 Å². The molecule has 2 aromatic rings. The third-order valence-electron chi connectivity index (χ3n) is 3.90. The molecular weight excluding hydrogens is 324 g/mol. The van der Waals surface area contributed by atoms with Crippen molar-refractivity contribution in [1.29, 1.82) is 0 Å². The third kappa shape index (κ3) is 5.42. The predicted octanol–water partition coefficient (Wildman–Crippen LogP) is 4.82. The monoisotopic (exact) mass is 346 g/mol. The van der Waals surface area contributed by atoms with E-state index in [1.165, 1.54) is 0 Å². The van der Waals surface area contributed by atoms with Gasteiger partial charge in [0.25, 0.3) is 0 Å². The number of rotatable bonds is 8. The number of aliphatic carboxylic acids is 1. The molecule has 0 aliphatic heterocycles. The fourth-order valence-corrected chi connectivity index (χ4v) is 2.72. The Hall–Kier alpha value is -3.20. The first-order chi connectivity index (χ1) is 12.4. The maximum absolute atomic E-state index is 12.0. The van der Waals surface area contributed by atoms with Crippen molar-refractivity contribution in [3.8, 4) is 0 Å². The van der Waals surface area contributed by atoms with Gasteiger partial charge >= 0.3 is 5.97 Å². The van der Waals surface area contributed by atoms with Gasteiger partial charge in [-0.15, -0.1) is 0 Å². The molecule has 0 bridgehead atoms. The van der Waals surface area contributed by atoms with Crippen LogP contribution in [0.5, 0.6) is 0 Å². The summed E-state index contributed by atoms with van der Waals surface area (Å²) in [4.78, 5) is 22.5. The summed E-state index contributed by atoms with van der Waals surface area (Å²) in [6, 6.07) is 11.8. The van der Waals surface area contributed by atoms with E-state index in [1.54, 1.807) is 0 Å². The second-order valence-electron chi connectivity index (χ2n) is 6.26. The molecule has 3 nitrogen and oxygen atoms in total. The van der Waals surface area contributed by atoms with E-state index in [4.69, 9.17) is 5.11 Å². The van der Waals surface area contributed by atoms with Crippen LogP contribution in [-0.4, -0.2) is 16.9 Å². The first-order valence-electron chi connectivity index (χ1n) is 8.31. The lowest BCUT2D eigenvalue weighted by Crippen LogP contribution is -2.01. The van der Waals surface area contributed by atoms with Crippen molar-refractivity contribution in [2.75, 3.05) is 0 Å². The highest BCUT2D eigenvalue weighted by Gasteiger charge is 2.08. The lowest BCUT2D eigenvalue weighted by molar-refractivity contribution is -0.131. The summed E-state index contributed by atoms with van der Waals surface area (Å²) in [5.41, 5.74) is 3.97. The molecule has 0 unspecified atom stereocenters. The number of allylic oxidation sites excluding steroid dienone is 5. The van der Waals surface area contributed by atoms with E-state index in [2.05, 4.69) is 19.2 Å². The summed E-state index contributed by atoms with van der Waals surface area (Å²) in [5.74, 6) is -1.36. The summed E-state index contributed by atoms with van der Waals surface area (Å²) in [6.45, 7) is 9.88. The molecule has 0 saturated carbocycles. The molecule has 0 radical (unpaired) electrons. The molecule has 0 aliphatic carbocycles. The molecule has 2 aromatic carbocycles. The van der Waals surface area contributed by atoms with Gasteiger partial charge in [0.1, 0.15) is 0 Å². The Balaban J connectivity index is 2.30. The number of carboxylic acid groups (broad SMARTS) is 1. The summed E-state index contributed by atoms with van der Waals surface area (Å²) < 4.78 is 0. The number of carbonyl (C=O) groups excluding carboxylic acids is 1. The van der Waals surface area contributed by atoms with Crippen molar-refractivity contribution < 1.29 is 14.7 Å². The van der Waals surface area contributed by atoms with Crippen LogP contribution in [-0.2, 0) is 22.4 Å². The lowest BCUT2D eigenvalue weighted by atomic mass is 9.94. The standard InChI is InChI=1S/C23H22O3/c1-16(2)10-11-17(3)14-18-6-4-9-22-19(7-5-8-21(18)22)15-20(24)12-13-23(25)26/h4-13H,1,3,14-15H2,2H3,(H,25,26)/b11-10+,13-12+. The molecule has 2 rings (SSSR count). The van der Waals surface area contributed by atoms with E-state index in [1.807, 2.05) is 49.4 Å². The topological polar surface area (TPSA) is 54.4 Å². The quantitative estimate of drug-likeness (QED) is 0.550. The van der Waals surface area contributed by atoms with E-state index >= 15 is 0 Å². The highest BCUT2D eigenvalue weighted by molar-refractivity contribution is 5.99. The number of carbonyl (C=O) groups is 2. The number of benzene rings is 2. The molecule has 0 amide bonds. The number of hydrogen-bond donors (Lipinski definition) is 1. The fourth-order valence-electron chi connectivity index (χ4n) is 2.72. The van der Waals surface area contributed by atoms with E-state index in [9.17, 15) is 9.59 Å². The van der Waals surface area contributed by atoms with Crippen LogP contribution in [0, 0.1) is 0 Å². The summed E-state index contributed by atoms with van der Waals surface area (Å²) >= 11 is 0. The first kappa shape index (κ1) is 19.1. The van der Waals surface area contributed by atoms with Crippen molar-refractivity contribution in [3.05, 3.63) is 96.1 Å². The summed E-state index contributed by atoms with van der Waals surface area (Å²) in [6.07, 6.45) is 6.75. The minimum Gasteiger partial charge on any atom is -0.478 e. The van der Waals surface area contributed by atoms with Crippen molar-refractivity contribution in [1.82, 2.24) is 0 Å². The molecule has 132 valence electrons. The minimum atomic E-state index is -1.13. The summed E-state index contributed by atoms with van der Waals surface area (Å²) in [7, 11) is 0. The maximum atomic E-state index is 12.0. The molecule has 0 heterocycles. The number of fused-ring (bicyclic) bond motifs is 1. The van der Waals surface area contributed by atoms with Gasteiger partial charge in [-0.1, -0.05) is 72.9 Å². The zero-order valence-electron chi connectivity index (χ0n) is 14.9. The van der Waals surface area contributed by atoms with Crippen molar-refractivity contribution in [2.45, 2.75) is 19.8 Å². The SMILES string of the molecule is C=C(C)/C=C/C(=C)Cc1cccc2c(CC(=O)/C=C/C(=O)O)cccc12. The fraction of sp³-hybridized carbons (Fsp3) is 0.130. The largest absolute Gasteiger partial charge is 0.478 e. The van der Waals surface area contributed by atoms with Crippen molar-refractivity contribution >= 4 is 22.5 Å². The molecule has 0 fully saturated rings. The number of hydrogen-bond acceptors (Lipinski definition) is 2. The van der Waals surface area contributed by atoms with Gasteiger partial charge in [-0.25, -0.2) is 4.79 Å². The van der Waals surface area contributed by atoms with Crippen LogP contribution in [0.1, 0.15) is 18.1 Å². The van der Waals surface area contributed by atoms with E-state index < -0.39 is 5.97 Å². The molecule has 26 heavy (non-hydrogen) atoms. The normalized spacial score (nSPS) is 11.3. The van der Waals surface area contributed by atoms with E-state index in [-0.39, 0.29) is 12.2 Å². The maximum Gasteiger partial charge on any atom is 0.328 e. The van der Waals surface area contributed by atoms with Crippen LogP contribution in [0.4, 0.5) is 0 Å². The average molecular weight is 346 g/mol. The Bertz CT molecular complexity index is 852. The van der Waals surface area contributed by atoms with Crippen LogP contribution in [0.25, 0.3) is 10.8 Å². The van der Waals surface area contributed by atoms with Gasteiger partial charge in [0.05, 0.1) is 0 Å². The van der Waals surface area contributed by atoms with Crippen LogP contribution < -0.4 is 0 Å². The van der Waals surface area contributed by atoms with Gasteiger partial charge < -0.3 is 5.11 Å². The Morgan fingerprint density at radius 1 is 0.885 bits per heavy atom. The van der Waals surface area contributed by atoms with Crippen molar-refractivity contribution in [3.63, 3.8) is 0 Å². The highest BCUT2D eigenvalue weighted by atomic mass is 16.4. The highest BCUT2D eigenvalue weighted by Crippen LogP contribution is 2.25. The first-order valence-corrected chi connectivity index (χ1v) is 8.31. The van der Waals surface area contributed by atoms with Gasteiger partial charge in [0.15, 0.2) is 5.78 Å². The van der Waals surface area contributed by atoms with Crippen LogP contribution in [0.15, 0.2) is 85.0 Å². The van der Waals surface area contributed by atoms with Gasteiger partial charge in [0.2, 0.25) is 0 Å². The molecule has 0 spiro atoms. The zero-order chi connectivity index (χ0) is 19.1. The second-order valence-corrected chi connectivity index (χ2v) is 6.26. The van der Waals surface area contributed by atoms with Gasteiger partial charge in [-0.2, -0.15) is 0 Å². The molecule has 0 saturated heterocycles. The zero-order valence-corrected chi connectivity index (χ0v) is 14.9. The Morgan fingerprint density at radius 3 is 2.00 bits per heavy atom. The van der Waals surface area contributed by atoms with Crippen molar-refractivity contribution in [2.24, 2.45) is 0 Å². The molecule has 0 atom stereocenters. The summed E-state index contributed by atoms with van der Waals surface area (Å²) in [5, 5.41) is 10.7. The molecule has 1 N–H and O–H groups in total. The number of ketones is 1. The third-order valence-corrected chi connectivity index (χ3v) is 3.90. The van der Waals surface area contributed by atoms with Crippen LogP contribution >= 0.6 is 0 Å². The Labute approximate surface area is 153 Å². The molecule has 3 heteroatoms. The van der Waals surface area contributed by atoms with Crippen LogP contribution in [0.2, 0.25) is 0 Å². The number of carboxylic acids is 1. The minimum absolute atomic E-state index is 0.168. The average Bonchev–Trinajstić information content (AvgIpc) is 2.59. The predicted molar refractivity (Wildman–Crippen MR) is 106 cm³/mol. The molecule has 0 aliphatic rings. The lowest BCUT2D eigenvalue weighted by Gasteiger charge is -2.10. The molecular formula is C23H22O3. The molecule has 0 aromatic heterocycles. The second kappa shape index (κ2) is 8.77. The van der Waals surface area contributed by atoms with Gasteiger partial charge in [0, 0.05) is 12.5 Å². The smallest absolute Gasteiger partial charge is 0.328 e. The Morgan fingerprint density at radius 2 is 1.46 bits per heavy atom. The Kier molecular flexibility index (Phi) is 6.45. The van der Waals surface area contributed by atoms with E-state index in [0.717, 1.165) is 45.2 Å². The van der Waals surface area contributed by atoms with E-state index in [0.29, 0.717) is 6.42 Å². The van der Waals surface area contributed by atoms with Crippen LogP contribution in [0.3, 0.4) is 0 Å².